The van der Waals surface area contributed by atoms with Crippen molar-refractivity contribution in [3.8, 4) is 0 Å². The summed E-state index contributed by atoms with van der Waals surface area (Å²) in [4.78, 5) is 0. The first-order valence-electron chi connectivity index (χ1n) is 8.32. The summed E-state index contributed by atoms with van der Waals surface area (Å²) in [5.74, 6) is 0. The maximum atomic E-state index is 6.79. The van der Waals surface area contributed by atoms with Gasteiger partial charge in [-0.15, -0.1) is 0 Å². The molecule has 1 aliphatic rings. The summed E-state index contributed by atoms with van der Waals surface area (Å²) < 4.78 is 13.6. The second-order valence-electron chi connectivity index (χ2n) is 10.5. The second kappa shape index (κ2) is 5.89. The highest BCUT2D eigenvalue weighted by molar-refractivity contribution is 7.78. The first-order chi connectivity index (χ1) is 9.33. The summed E-state index contributed by atoms with van der Waals surface area (Å²) in [5.41, 5.74) is 0.337. The highest BCUT2D eigenvalue weighted by Crippen LogP contribution is 2.84. The Morgan fingerprint density at radius 2 is 0.818 bits per heavy atom. The van der Waals surface area contributed by atoms with Crippen molar-refractivity contribution in [2.24, 2.45) is 10.8 Å². The topological polar surface area (TPSA) is 18.5 Å². The van der Waals surface area contributed by atoms with Crippen LogP contribution in [-0.2, 0) is 8.85 Å². The van der Waals surface area contributed by atoms with E-state index in [2.05, 4.69) is 80.8 Å². The Morgan fingerprint density at radius 1 is 0.591 bits per heavy atom. The first-order valence-corrected chi connectivity index (χ1v) is 17.1. The Hall–Kier alpha value is 1.21. The van der Waals surface area contributed by atoms with Gasteiger partial charge in [-0.3, -0.25) is 0 Å². The van der Waals surface area contributed by atoms with Crippen molar-refractivity contribution in [3.63, 3.8) is 0 Å². The van der Waals surface area contributed by atoms with E-state index in [1.54, 1.807) is 0 Å². The summed E-state index contributed by atoms with van der Waals surface area (Å²) in [7, 11) is -1.70. The third kappa shape index (κ3) is 4.64. The SMILES string of the molecule is CC(C)(C)C1(O[Si](C)(C)C)PC(O[Si](C)(C)C)(C(C)(C)C)P1. The smallest absolute Gasteiger partial charge is 0.185 e. The fourth-order valence-electron chi connectivity index (χ4n) is 2.57. The molecule has 0 aromatic carbocycles. The fourth-order valence-corrected chi connectivity index (χ4v) is 13.7. The molecule has 1 heterocycles. The molecule has 1 saturated heterocycles. The molecule has 0 spiro atoms. The van der Waals surface area contributed by atoms with Crippen molar-refractivity contribution in [3.05, 3.63) is 0 Å². The van der Waals surface area contributed by atoms with Crippen LogP contribution in [0.4, 0.5) is 0 Å². The molecule has 0 aromatic rings. The number of hydrogen-bond donors (Lipinski definition) is 0. The van der Waals surface area contributed by atoms with Crippen LogP contribution < -0.4 is 0 Å². The van der Waals surface area contributed by atoms with Crippen LogP contribution in [0.1, 0.15) is 41.5 Å². The lowest BCUT2D eigenvalue weighted by atomic mass is 9.96. The highest BCUT2D eigenvalue weighted by atomic mass is 31.2. The molecule has 1 fully saturated rings. The lowest BCUT2D eigenvalue weighted by Crippen LogP contribution is -2.61. The first kappa shape index (κ1) is 21.3. The molecule has 22 heavy (non-hydrogen) atoms. The van der Waals surface area contributed by atoms with Crippen LogP contribution >= 0.6 is 17.2 Å². The maximum Gasteiger partial charge on any atom is 0.185 e. The summed E-state index contributed by atoms with van der Waals surface area (Å²) in [6.45, 7) is 27.9. The van der Waals surface area contributed by atoms with Crippen LogP contribution in [0.3, 0.4) is 0 Å². The maximum absolute atomic E-state index is 6.79. The largest absolute Gasteiger partial charge is 0.405 e. The normalized spacial score (nSPS) is 33.3. The van der Waals surface area contributed by atoms with Crippen molar-refractivity contribution < 1.29 is 8.85 Å². The van der Waals surface area contributed by atoms with Crippen LogP contribution in [0.25, 0.3) is 0 Å². The molecule has 6 heteroatoms. The zero-order chi connectivity index (χ0) is 17.8. The van der Waals surface area contributed by atoms with Gasteiger partial charge in [-0.2, -0.15) is 0 Å². The molecule has 0 aliphatic carbocycles. The van der Waals surface area contributed by atoms with Gasteiger partial charge in [-0.05, 0) is 67.3 Å². The van der Waals surface area contributed by atoms with Crippen molar-refractivity contribution in [1.82, 2.24) is 0 Å². The molecule has 2 nitrogen and oxygen atoms in total. The molecular formula is C16H38O2P2Si2. The van der Waals surface area contributed by atoms with Gasteiger partial charge < -0.3 is 8.85 Å². The molecule has 0 N–H and O–H groups in total. The van der Waals surface area contributed by atoms with Crippen LogP contribution in [-0.4, -0.2) is 26.8 Å². The molecule has 0 amide bonds. The minimum absolute atomic E-state index is 0.0183. The van der Waals surface area contributed by atoms with E-state index in [0.717, 1.165) is 17.2 Å². The number of hydrogen-bond acceptors (Lipinski definition) is 2. The summed E-state index contributed by atoms with van der Waals surface area (Å²) in [6.07, 6.45) is 0. The van der Waals surface area contributed by atoms with E-state index in [1.165, 1.54) is 0 Å². The van der Waals surface area contributed by atoms with Crippen molar-refractivity contribution >= 4 is 33.8 Å². The van der Waals surface area contributed by atoms with Crippen LogP contribution in [0.2, 0.25) is 39.3 Å². The molecule has 1 rings (SSSR count). The van der Waals surface area contributed by atoms with Gasteiger partial charge in [0, 0.05) is 0 Å². The second-order valence-corrected chi connectivity index (χ2v) is 23.7. The lowest BCUT2D eigenvalue weighted by molar-refractivity contribution is 0.0542. The van der Waals surface area contributed by atoms with Gasteiger partial charge in [0.1, 0.15) is 0 Å². The van der Waals surface area contributed by atoms with Gasteiger partial charge in [0.05, 0.1) is 10.2 Å². The zero-order valence-electron chi connectivity index (χ0n) is 16.8. The van der Waals surface area contributed by atoms with Crippen LogP contribution in [0.15, 0.2) is 0 Å². The third-order valence-corrected chi connectivity index (χ3v) is 12.7. The molecule has 132 valence electrons. The molecule has 0 aromatic heterocycles. The summed E-state index contributed by atoms with van der Waals surface area (Å²) >= 11 is 0. The third-order valence-electron chi connectivity index (χ3n) is 3.74. The van der Waals surface area contributed by atoms with Crippen molar-refractivity contribution in [2.75, 3.05) is 0 Å². The molecule has 0 atom stereocenters. The Morgan fingerprint density at radius 3 is 0.955 bits per heavy atom. The highest BCUT2D eigenvalue weighted by Gasteiger charge is 2.67. The lowest BCUT2D eigenvalue weighted by Gasteiger charge is -2.67. The Labute approximate surface area is 144 Å². The van der Waals surface area contributed by atoms with E-state index in [9.17, 15) is 0 Å². The standard InChI is InChI=1S/C16H38O2P2Si2/c1-13(2,3)15(17-21(7,8)9)19-16(20-15,14(4,5)6)18-22(10,11)12/h19-20H,1-12H3. The van der Waals surface area contributed by atoms with Crippen molar-refractivity contribution in [2.45, 2.75) is 91.0 Å². The van der Waals surface area contributed by atoms with Gasteiger partial charge in [0.2, 0.25) is 0 Å². The zero-order valence-corrected chi connectivity index (χ0v) is 20.8. The Balaban J connectivity index is 3.16. The quantitative estimate of drug-likeness (QED) is 0.411. The molecular weight excluding hydrogens is 342 g/mol. The van der Waals surface area contributed by atoms with Gasteiger partial charge in [-0.25, -0.2) is 0 Å². The summed E-state index contributed by atoms with van der Waals surface area (Å²) in [6, 6.07) is 0. The Kier molecular flexibility index (Phi) is 5.69. The predicted molar refractivity (Wildman–Crippen MR) is 110 cm³/mol. The minimum Gasteiger partial charge on any atom is -0.405 e. The molecule has 0 radical (unpaired) electrons. The van der Waals surface area contributed by atoms with Crippen LogP contribution in [0, 0.1) is 10.8 Å². The van der Waals surface area contributed by atoms with E-state index in [4.69, 9.17) is 8.85 Å². The Bertz CT molecular complexity index is 368. The monoisotopic (exact) mass is 380 g/mol. The fraction of sp³-hybridized carbons (Fsp3) is 1.00. The van der Waals surface area contributed by atoms with Gasteiger partial charge >= 0.3 is 0 Å². The van der Waals surface area contributed by atoms with E-state index >= 15 is 0 Å². The van der Waals surface area contributed by atoms with E-state index < -0.39 is 16.6 Å². The van der Waals surface area contributed by atoms with Gasteiger partial charge in [0.25, 0.3) is 0 Å². The minimum atomic E-state index is -1.58. The van der Waals surface area contributed by atoms with Crippen molar-refractivity contribution in [1.29, 1.82) is 0 Å². The number of rotatable bonds is 4. The average Bonchev–Trinajstić information content (AvgIpc) is 2.04. The van der Waals surface area contributed by atoms with Gasteiger partial charge in [0.15, 0.2) is 16.6 Å². The van der Waals surface area contributed by atoms with Gasteiger partial charge in [-0.1, -0.05) is 41.5 Å². The molecule has 0 unspecified atom stereocenters. The van der Waals surface area contributed by atoms with E-state index in [0.29, 0.717) is 0 Å². The molecule has 0 saturated carbocycles. The molecule has 1 aliphatic heterocycles. The van der Waals surface area contributed by atoms with Crippen LogP contribution in [0.5, 0.6) is 0 Å². The van der Waals surface area contributed by atoms with E-state index in [-0.39, 0.29) is 21.0 Å². The van der Waals surface area contributed by atoms with E-state index in [1.807, 2.05) is 0 Å². The average molecular weight is 381 g/mol. The predicted octanol–water partition coefficient (Wildman–Crippen LogP) is 6.46. The molecule has 0 bridgehead atoms. The summed E-state index contributed by atoms with van der Waals surface area (Å²) in [5, 5.41) is 0.0365.